The lowest BCUT2D eigenvalue weighted by Gasteiger charge is -2.47. The van der Waals surface area contributed by atoms with Gasteiger partial charge in [0.2, 0.25) is 5.91 Å². The molecule has 0 saturated carbocycles. The Bertz CT molecular complexity index is 1770. The molecule has 0 bridgehead atoms. The molecular weight excluding hydrogens is 668 g/mol. The van der Waals surface area contributed by atoms with Gasteiger partial charge in [-0.05, 0) is 58.4 Å². The smallest absolute Gasteiger partial charge is 0.434 e. The summed E-state index contributed by atoms with van der Waals surface area (Å²) in [6.45, 7) is 17.0. The molecule has 2 amide bonds. The van der Waals surface area contributed by atoms with Gasteiger partial charge in [0, 0.05) is 74.4 Å². The number of alkyl halides is 3. The molecule has 3 aliphatic rings. The second-order valence-corrected chi connectivity index (χ2v) is 15.9. The van der Waals surface area contributed by atoms with Crippen molar-refractivity contribution in [2.45, 2.75) is 90.2 Å². The molecule has 3 aromatic rings. The van der Waals surface area contributed by atoms with Crippen molar-refractivity contribution in [1.82, 2.24) is 24.1 Å². The van der Waals surface area contributed by atoms with E-state index in [0.29, 0.717) is 55.4 Å². The number of morpholine rings is 1. The number of aromatic nitrogens is 2. The van der Waals surface area contributed by atoms with E-state index < -0.39 is 34.8 Å². The lowest BCUT2D eigenvalue weighted by molar-refractivity contribution is -0.140. The van der Waals surface area contributed by atoms with E-state index in [1.165, 1.54) is 16.5 Å². The second kappa shape index (κ2) is 13.7. The number of hydrogen-bond acceptors (Lipinski definition) is 7. The summed E-state index contributed by atoms with van der Waals surface area (Å²) in [6, 6.07) is 7.31. The lowest BCUT2D eigenvalue weighted by atomic mass is 9.90. The Kier molecular flexibility index (Phi) is 9.92. The van der Waals surface area contributed by atoms with Gasteiger partial charge in [-0.3, -0.25) is 14.6 Å². The SMILES string of the molecule is C[C@@H]1COCCN1C[C@H]1CN(C(=O)OC(C)(C)C)[C@H](C)CN1CC(=O)N1CC(C)(C)c2c1cc(Cc1ccc(F)cc1)c1nc(C(F)(F)F)cn21. The minimum Gasteiger partial charge on any atom is -0.444 e. The van der Waals surface area contributed by atoms with Gasteiger partial charge in [0.15, 0.2) is 5.69 Å². The van der Waals surface area contributed by atoms with E-state index in [4.69, 9.17) is 9.47 Å². The van der Waals surface area contributed by atoms with Crippen molar-refractivity contribution in [3.05, 3.63) is 64.9 Å². The van der Waals surface area contributed by atoms with E-state index in [9.17, 15) is 27.2 Å². The largest absolute Gasteiger partial charge is 0.444 e. The number of pyridine rings is 1. The number of halogens is 4. The maximum Gasteiger partial charge on any atom is 0.434 e. The molecular formula is C37H48F4N6O4. The van der Waals surface area contributed by atoms with Crippen molar-refractivity contribution in [3.8, 4) is 0 Å². The number of fused-ring (bicyclic) bond motifs is 3. The Hall–Kier alpha value is -3.75. The monoisotopic (exact) mass is 716 g/mol. The highest BCUT2D eigenvalue weighted by Gasteiger charge is 2.45. The Morgan fingerprint density at radius 3 is 2.39 bits per heavy atom. The first-order valence-electron chi connectivity index (χ1n) is 17.5. The van der Waals surface area contributed by atoms with Crippen LogP contribution in [0.5, 0.6) is 0 Å². The molecule has 5 heterocycles. The predicted molar refractivity (Wildman–Crippen MR) is 184 cm³/mol. The maximum atomic E-state index is 14.5. The molecule has 51 heavy (non-hydrogen) atoms. The summed E-state index contributed by atoms with van der Waals surface area (Å²) in [5.41, 5.74) is 0.0519. The molecule has 2 aromatic heterocycles. The van der Waals surface area contributed by atoms with E-state index in [0.717, 1.165) is 12.7 Å². The van der Waals surface area contributed by atoms with Crippen LogP contribution in [0.2, 0.25) is 0 Å². The fraction of sp³-hybridized carbons (Fsp3) is 0.595. The fourth-order valence-electron chi connectivity index (χ4n) is 7.56. The van der Waals surface area contributed by atoms with Gasteiger partial charge in [-0.25, -0.2) is 14.2 Å². The summed E-state index contributed by atoms with van der Waals surface area (Å²) in [4.78, 5) is 39.7. The van der Waals surface area contributed by atoms with Crippen LogP contribution in [0.25, 0.3) is 5.65 Å². The molecule has 2 saturated heterocycles. The lowest BCUT2D eigenvalue weighted by Crippen LogP contribution is -2.64. The van der Waals surface area contributed by atoms with Gasteiger partial charge >= 0.3 is 12.3 Å². The van der Waals surface area contributed by atoms with Gasteiger partial charge in [0.1, 0.15) is 17.1 Å². The van der Waals surface area contributed by atoms with Crippen LogP contribution in [-0.4, -0.2) is 112 Å². The van der Waals surface area contributed by atoms with Crippen LogP contribution in [0.4, 0.5) is 28.0 Å². The molecule has 14 heteroatoms. The summed E-state index contributed by atoms with van der Waals surface area (Å²) in [5.74, 6) is -0.609. The molecule has 10 nitrogen and oxygen atoms in total. The van der Waals surface area contributed by atoms with E-state index in [-0.39, 0.29) is 49.2 Å². The van der Waals surface area contributed by atoms with Crippen LogP contribution < -0.4 is 4.90 Å². The molecule has 6 rings (SSSR count). The third-order valence-corrected chi connectivity index (χ3v) is 10.0. The van der Waals surface area contributed by atoms with Gasteiger partial charge in [-0.2, -0.15) is 13.2 Å². The van der Waals surface area contributed by atoms with E-state index in [1.807, 2.05) is 41.5 Å². The Morgan fingerprint density at radius 2 is 1.75 bits per heavy atom. The number of nitrogens with zero attached hydrogens (tertiary/aromatic N) is 6. The van der Waals surface area contributed by atoms with E-state index in [1.54, 1.807) is 28.0 Å². The average molecular weight is 717 g/mol. The standard InChI is InChI=1S/C37H48F4N6O4/c1-23-16-44(28(17-43-12-13-50-21-24(43)2)18-45(23)34(49)51-35(3,4)5)20-31(48)47-22-36(6,7)32-29(47)15-26(14-25-8-10-27(38)11-9-25)33-42-30(19-46(32)33)37(39,40)41/h8-11,15,19,23-24,28H,12-14,16-18,20-22H2,1-7H3/t23-,24-,28+/m1/s1. The zero-order valence-electron chi connectivity index (χ0n) is 30.4. The number of hydrogen-bond donors (Lipinski definition) is 0. The molecule has 3 aliphatic heterocycles. The quantitative estimate of drug-likeness (QED) is 0.301. The Balaban J connectivity index is 1.34. The van der Waals surface area contributed by atoms with Crippen LogP contribution in [0.3, 0.4) is 0 Å². The second-order valence-electron chi connectivity index (χ2n) is 15.9. The van der Waals surface area contributed by atoms with Gasteiger partial charge in [-0.1, -0.05) is 26.0 Å². The van der Waals surface area contributed by atoms with Crippen molar-refractivity contribution in [2.75, 3.05) is 57.4 Å². The molecule has 0 spiro atoms. The van der Waals surface area contributed by atoms with E-state index >= 15 is 0 Å². The number of amides is 2. The summed E-state index contributed by atoms with van der Waals surface area (Å²) < 4.78 is 68.7. The molecule has 278 valence electrons. The van der Waals surface area contributed by atoms with Crippen molar-refractivity contribution in [1.29, 1.82) is 0 Å². The number of rotatable bonds is 6. The topological polar surface area (TPSA) is 82.9 Å². The molecule has 0 unspecified atom stereocenters. The van der Waals surface area contributed by atoms with Crippen LogP contribution in [0.1, 0.15) is 71.0 Å². The van der Waals surface area contributed by atoms with Gasteiger partial charge in [-0.15, -0.1) is 0 Å². The van der Waals surface area contributed by atoms with Crippen LogP contribution >= 0.6 is 0 Å². The number of imidazole rings is 1. The third kappa shape index (κ3) is 7.87. The van der Waals surface area contributed by atoms with Crippen LogP contribution in [-0.2, 0) is 32.3 Å². The summed E-state index contributed by atoms with van der Waals surface area (Å²) in [6.07, 6.45) is -3.87. The van der Waals surface area contributed by atoms with Crippen molar-refractivity contribution >= 4 is 23.3 Å². The highest BCUT2D eigenvalue weighted by Crippen LogP contribution is 2.43. The highest BCUT2D eigenvalue weighted by atomic mass is 19.4. The Labute approximate surface area is 296 Å². The van der Waals surface area contributed by atoms with Crippen LogP contribution in [0.15, 0.2) is 36.5 Å². The summed E-state index contributed by atoms with van der Waals surface area (Å²) >= 11 is 0. The predicted octanol–water partition coefficient (Wildman–Crippen LogP) is 5.74. The minimum absolute atomic E-state index is 0.0501. The number of anilines is 1. The third-order valence-electron chi connectivity index (χ3n) is 10.0. The highest BCUT2D eigenvalue weighted by molar-refractivity contribution is 5.98. The number of carbonyl (C=O) groups is 2. The first-order valence-corrected chi connectivity index (χ1v) is 17.5. The molecule has 3 atom stereocenters. The Morgan fingerprint density at radius 1 is 1.04 bits per heavy atom. The first-order chi connectivity index (χ1) is 23.8. The minimum atomic E-state index is -4.67. The molecule has 0 radical (unpaired) electrons. The fourth-order valence-corrected chi connectivity index (χ4v) is 7.56. The van der Waals surface area contributed by atoms with Crippen molar-refractivity contribution in [3.63, 3.8) is 0 Å². The number of ether oxygens (including phenoxy) is 2. The molecule has 0 aliphatic carbocycles. The first kappa shape index (κ1) is 37.0. The molecule has 2 fully saturated rings. The summed E-state index contributed by atoms with van der Waals surface area (Å²) in [5, 5.41) is 0. The van der Waals surface area contributed by atoms with Crippen molar-refractivity contribution < 1.29 is 36.6 Å². The zero-order chi connectivity index (χ0) is 37.0. The normalized spacial score (nSPS) is 23.2. The summed E-state index contributed by atoms with van der Waals surface area (Å²) in [7, 11) is 0. The number of carbonyl (C=O) groups excluding carboxylic acids is 2. The molecule has 0 N–H and O–H groups in total. The maximum absolute atomic E-state index is 14.5. The average Bonchev–Trinajstić information content (AvgIpc) is 3.59. The van der Waals surface area contributed by atoms with E-state index in [2.05, 4.69) is 21.7 Å². The number of piperazine rings is 1. The zero-order valence-corrected chi connectivity index (χ0v) is 30.4. The van der Waals surface area contributed by atoms with Crippen LogP contribution in [0, 0.1) is 5.82 Å². The van der Waals surface area contributed by atoms with Crippen molar-refractivity contribution in [2.24, 2.45) is 0 Å². The van der Waals surface area contributed by atoms with Gasteiger partial charge in [0.25, 0.3) is 0 Å². The molecule has 1 aromatic carbocycles. The number of benzene rings is 1. The van der Waals surface area contributed by atoms with Gasteiger partial charge < -0.3 is 23.7 Å². The van der Waals surface area contributed by atoms with Gasteiger partial charge in [0.05, 0.1) is 31.1 Å².